The van der Waals surface area contributed by atoms with Crippen LogP contribution in [-0.4, -0.2) is 29.7 Å². The molecule has 1 aliphatic rings. The Morgan fingerprint density at radius 3 is 2.70 bits per heavy atom. The van der Waals surface area contributed by atoms with Gasteiger partial charge in [-0.2, -0.15) is 0 Å². The largest absolute Gasteiger partial charge is 0.380 e. The molecule has 1 aromatic heterocycles. The molecule has 0 spiro atoms. The summed E-state index contributed by atoms with van der Waals surface area (Å²) >= 11 is 0. The van der Waals surface area contributed by atoms with Crippen LogP contribution in [0.1, 0.15) is 44.9 Å². The first-order valence-electron chi connectivity index (χ1n) is 7.36. The van der Waals surface area contributed by atoms with Gasteiger partial charge in [-0.3, -0.25) is 0 Å². The Labute approximate surface area is 120 Å². The number of hydrogen-bond donors (Lipinski definition) is 3. The van der Waals surface area contributed by atoms with Gasteiger partial charge in [0.25, 0.3) is 0 Å². The van der Waals surface area contributed by atoms with Gasteiger partial charge in [0.05, 0.1) is 6.61 Å². The van der Waals surface area contributed by atoms with Gasteiger partial charge in [-0.1, -0.05) is 13.8 Å². The number of rotatable bonds is 9. The zero-order valence-electron chi connectivity index (χ0n) is 12.4. The van der Waals surface area contributed by atoms with E-state index in [2.05, 4.69) is 34.6 Å². The molecule has 1 heterocycles. The molecule has 6 heteroatoms. The van der Waals surface area contributed by atoms with Gasteiger partial charge in [0.15, 0.2) is 0 Å². The molecule has 0 aromatic carbocycles. The summed E-state index contributed by atoms with van der Waals surface area (Å²) in [6, 6.07) is 1.82. The van der Waals surface area contributed by atoms with Crippen LogP contribution in [0.2, 0.25) is 0 Å². The molecule has 0 bridgehead atoms. The number of nitrogens with two attached hydrogens (primary N) is 1. The van der Waals surface area contributed by atoms with Crippen molar-refractivity contribution in [3.05, 3.63) is 11.9 Å². The Hall–Kier alpha value is -1.40. The summed E-state index contributed by atoms with van der Waals surface area (Å²) in [6.45, 7) is 6.63. The van der Waals surface area contributed by atoms with Gasteiger partial charge in [0, 0.05) is 25.1 Å². The van der Waals surface area contributed by atoms with Crippen LogP contribution in [0.5, 0.6) is 0 Å². The van der Waals surface area contributed by atoms with E-state index in [4.69, 9.17) is 10.6 Å². The van der Waals surface area contributed by atoms with Crippen molar-refractivity contribution in [3.63, 3.8) is 0 Å². The van der Waals surface area contributed by atoms with Gasteiger partial charge in [0.1, 0.15) is 17.5 Å². The molecular formula is C14H25N5O. The zero-order valence-corrected chi connectivity index (χ0v) is 12.4. The highest BCUT2D eigenvalue weighted by Gasteiger charge is 2.27. The highest BCUT2D eigenvalue weighted by Crippen LogP contribution is 2.38. The van der Waals surface area contributed by atoms with Crippen LogP contribution in [0.25, 0.3) is 0 Å². The highest BCUT2D eigenvalue weighted by molar-refractivity contribution is 5.47. The number of ether oxygens (including phenoxy) is 1. The minimum absolute atomic E-state index is 0.506. The Bertz CT molecular complexity index is 420. The Morgan fingerprint density at radius 2 is 2.05 bits per heavy atom. The fourth-order valence-electron chi connectivity index (χ4n) is 1.83. The Morgan fingerprint density at radius 1 is 1.30 bits per heavy atom. The lowest BCUT2D eigenvalue weighted by Crippen LogP contribution is -2.15. The van der Waals surface area contributed by atoms with Crippen LogP contribution < -0.4 is 16.6 Å². The topological polar surface area (TPSA) is 85.1 Å². The van der Waals surface area contributed by atoms with Crippen LogP contribution in [0, 0.1) is 5.92 Å². The number of hydrogen-bond acceptors (Lipinski definition) is 6. The molecule has 20 heavy (non-hydrogen) atoms. The van der Waals surface area contributed by atoms with Gasteiger partial charge < -0.3 is 15.5 Å². The smallest absolute Gasteiger partial charge is 0.145 e. The van der Waals surface area contributed by atoms with Crippen molar-refractivity contribution >= 4 is 11.6 Å². The van der Waals surface area contributed by atoms with E-state index < -0.39 is 0 Å². The fraction of sp³-hybridized carbons (Fsp3) is 0.714. The average Bonchev–Trinajstić information content (AvgIpc) is 3.26. The van der Waals surface area contributed by atoms with Crippen molar-refractivity contribution in [1.82, 2.24) is 9.97 Å². The van der Waals surface area contributed by atoms with E-state index in [1.165, 1.54) is 12.8 Å². The first kappa shape index (κ1) is 15.0. The third kappa shape index (κ3) is 4.94. The van der Waals surface area contributed by atoms with E-state index in [0.717, 1.165) is 31.2 Å². The molecule has 0 saturated heterocycles. The number of nitrogen functional groups attached to an aromatic ring is 1. The van der Waals surface area contributed by atoms with Gasteiger partial charge in [-0.05, 0) is 25.2 Å². The van der Waals surface area contributed by atoms with Crippen molar-refractivity contribution in [2.45, 2.75) is 39.0 Å². The van der Waals surface area contributed by atoms with Crippen LogP contribution in [0.15, 0.2) is 6.07 Å². The molecule has 1 aliphatic carbocycles. The predicted molar refractivity (Wildman–Crippen MR) is 80.6 cm³/mol. The maximum atomic E-state index is 5.57. The maximum absolute atomic E-state index is 5.57. The highest BCUT2D eigenvalue weighted by atomic mass is 16.5. The number of nitrogens with zero attached hydrogens (tertiary/aromatic N) is 2. The molecule has 0 amide bonds. The van der Waals surface area contributed by atoms with Gasteiger partial charge >= 0.3 is 0 Å². The standard InChI is InChI=1S/C14H25N5O/c1-10(2)5-7-20-8-6-16-12-9-13(19-15)18-14(17-12)11-3-4-11/h9-11H,3-8,15H2,1-2H3,(H2,16,17,18,19). The molecule has 112 valence electrons. The van der Waals surface area contributed by atoms with E-state index in [1.807, 2.05) is 6.07 Å². The monoisotopic (exact) mass is 279 g/mol. The molecule has 1 aromatic rings. The summed E-state index contributed by atoms with van der Waals surface area (Å²) in [5.41, 5.74) is 2.59. The third-order valence-electron chi connectivity index (χ3n) is 3.23. The predicted octanol–water partition coefficient (Wildman–Crippen LogP) is 2.11. The number of hydrazine groups is 1. The van der Waals surface area contributed by atoms with E-state index in [0.29, 0.717) is 24.3 Å². The summed E-state index contributed by atoms with van der Waals surface area (Å²) in [5.74, 6) is 8.97. The van der Waals surface area contributed by atoms with Gasteiger partial charge in [0.2, 0.25) is 0 Å². The normalized spacial score (nSPS) is 14.6. The van der Waals surface area contributed by atoms with Crippen molar-refractivity contribution in [3.8, 4) is 0 Å². The third-order valence-corrected chi connectivity index (χ3v) is 3.23. The van der Waals surface area contributed by atoms with Crippen molar-refractivity contribution in [2.24, 2.45) is 11.8 Å². The van der Waals surface area contributed by atoms with E-state index in [-0.39, 0.29) is 0 Å². The maximum Gasteiger partial charge on any atom is 0.145 e. The molecule has 6 nitrogen and oxygen atoms in total. The lowest BCUT2D eigenvalue weighted by Gasteiger charge is -2.10. The fourth-order valence-corrected chi connectivity index (χ4v) is 1.83. The Kier molecular flexibility index (Phi) is 5.55. The first-order chi connectivity index (χ1) is 9.69. The van der Waals surface area contributed by atoms with Crippen LogP contribution in [-0.2, 0) is 4.74 Å². The number of anilines is 2. The number of nitrogens with one attached hydrogen (secondary N) is 2. The van der Waals surface area contributed by atoms with E-state index >= 15 is 0 Å². The molecular weight excluding hydrogens is 254 g/mol. The van der Waals surface area contributed by atoms with Crippen molar-refractivity contribution < 1.29 is 4.74 Å². The first-order valence-corrected chi connectivity index (χ1v) is 7.36. The SMILES string of the molecule is CC(C)CCOCCNc1cc(NN)nc(C2CC2)n1. The zero-order chi connectivity index (χ0) is 14.4. The minimum Gasteiger partial charge on any atom is -0.380 e. The van der Waals surface area contributed by atoms with Crippen molar-refractivity contribution in [1.29, 1.82) is 0 Å². The number of aromatic nitrogens is 2. The molecule has 0 unspecified atom stereocenters. The lowest BCUT2D eigenvalue weighted by molar-refractivity contribution is 0.132. The minimum atomic E-state index is 0.506. The van der Waals surface area contributed by atoms with Gasteiger partial charge in [-0.15, -0.1) is 0 Å². The summed E-state index contributed by atoms with van der Waals surface area (Å²) in [5, 5.41) is 3.26. The lowest BCUT2D eigenvalue weighted by atomic mass is 10.1. The van der Waals surface area contributed by atoms with Gasteiger partial charge in [-0.25, -0.2) is 15.8 Å². The molecule has 0 aliphatic heterocycles. The molecule has 1 fully saturated rings. The van der Waals surface area contributed by atoms with E-state index in [1.54, 1.807) is 0 Å². The molecule has 2 rings (SSSR count). The molecule has 4 N–H and O–H groups in total. The van der Waals surface area contributed by atoms with Crippen LogP contribution >= 0.6 is 0 Å². The average molecular weight is 279 g/mol. The second-order valence-corrected chi connectivity index (χ2v) is 5.64. The summed E-state index contributed by atoms with van der Waals surface area (Å²) in [7, 11) is 0. The van der Waals surface area contributed by atoms with E-state index in [9.17, 15) is 0 Å². The molecule has 0 radical (unpaired) electrons. The second kappa shape index (κ2) is 7.40. The summed E-state index contributed by atoms with van der Waals surface area (Å²) in [4.78, 5) is 8.89. The summed E-state index contributed by atoms with van der Waals surface area (Å²) in [6.07, 6.45) is 3.44. The second-order valence-electron chi connectivity index (χ2n) is 5.64. The van der Waals surface area contributed by atoms with Crippen LogP contribution in [0.3, 0.4) is 0 Å². The van der Waals surface area contributed by atoms with Crippen LogP contribution in [0.4, 0.5) is 11.6 Å². The quantitative estimate of drug-likeness (QED) is 0.365. The Balaban J connectivity index is 1.75. The van der Waals surface area contributed by atoms with Crippen molar-refractivity contribution in [2.75, 3.05) is 30.5 Å². The molecule has 0 atom stereocenters. The summed E-state index contributed by atoms with van der Waals surface area (Å²) < 4.78 is 5.57. The molecule has 1 saturated carbocycles.